The molecule has 0 saturated heterocycles. The SMILES string of the molecule is Cn1cc[n+]2c1[B@@-](OS(=O)(=O)C(F)(F)F)(c1ccccc1)[n+]1ccn(C)c1[B@-]2(C)c1ccccc1. The van der Waals surface area contributed by atoms with Gasteiger partial charge in [-0.3, -0.25) is 9.13 Å². The number of hydrogen-bond donors (Lipinski definition) is 0. The third kappa shape index (κ3) is 3.14. The standard InChI is InChI=1S/C22H23B2F3N4O3S/c1-23(18-10-6-4-7-11-18)20-28(2)15-17-31(20)24(19-12-8-5-9-13-19,21-29(3)14-16-30(21)23)34-35(32,33)22(25,26)27/h4-17H,1-3H3/t23-,24-/m0/s1. The molecule has 1 aliphatic rings. The van der Waals surface area contributed by atoms with Gasteiger partial charge in [-0.1, -0.05) is 60.7 Å². The number of benzene rings is 2. The topological polar surface area (TPSA) is 61.0 Å². The van der Waals surface area contributed by atoms with Gasteiger partial charge in [-0.2, -0.15) is 27.1 Å². The summed E-state index contributed by atoms with van der Waals surface area (Å²) < 4.78 is 78.7. The van der Waals surface area contributed by atoms with Crippen molar-refractivity contribution < 1.29 is 34.6 Å². The molecule has 0 radical (unpaired) electrons. The number of alkyl halides is 3. The molecule has 5 rings (SSSR count). The highest BCUT2D eigenvalue weighted by atomic mass is 32.2. The van der Waals surface area contributed by atoms with Gasteiger partial charge in [-0.25, -0.2) is 0 Å². The first-order valence-corrected chi connectivity index (χ1v) is 12.5. The number of imidazole rings is 2. The molecule has 2 atom stereocenters. The largest absolute Gasteiger partial charge is 0.519 e. The van der Waals surface area contributed by atoms with Gasteiger partial charge in [-0.05, 0) is 0 Å². The number of rotatable bonds is 4. The first-order valence-electron chi connectivity index (χ1n) is 11.1. The number of halogens is 3. The third-order valence-corrected chi connectivity index (χ3v) is 8.30. The minimum Gasteiger partial charge on any atom is -0.447 e. The second-order valence-electron chi connectivity index (χ2n) is 9.15. The van der Waals surface area contributed by atoms with Crippen molar-refractivity contribution in [1.29, 1.82) is 0 Å². The molecule has 4 aromatic rings. The first kappa shape index (κ1) is 23.4. The Kier molecular flexibility index (Phi) is 5.08. The summed E-state index contributed by atoms with van der Waals surface area (Å²) in [7, 11) is -2.54. The molecule has 0 amide bonds. The average Bonchev–Trinajstić information content (AvgIpc) is 3.41. The molecule has 0 unspecified atom stereocenters. The zero-order valence-corrected chi connectivity index (χ0v) is 20.1. The van der Waals surface area contributed by atoms with Crippen molar-refractivity contribution in [1.82, 2.24) is 9.13 Å². The van der Waals surface area contributed by atoms with E-state index in [0.717, 1.165) is 5.46 Å². The van der Waals surface area contributed by atoms with Crippen LogP contribution in [0.2, 0.25) is 6.82 Å². The van der Waals surface area contributed by atoms with Crippen molar-refractivity contribution in [2.45, 2.75) is 12.3 Å². The van der Waals surface area contributed by atoms with E-state index in [1.165, 1.54) is 0 Å². The molecule has 13 heteroatoms. The fourth-order valence-electron chi connectivity index (χ4n) is 5.72. The Morgan fingerprint density at radius 1 is 0.800 bits per heavy atom. The van der Waals surface area contributed by atoms with Crippen LogP contribution in [0.1, 0.15) is 0 Å². The van der Waals surface area contributed by atoms with Crippen molar-refractivity contribution in [3.05, 3.63) is 85.5 Å². The summed E-state index contributed by atoms with van der Waals surface area (Å²) in [5.74, 6) is 0. The normalized spacial score (nSPS) is 22.0. The molecule has 182 valence electrons. The average molecular weight is 502 g/mol. The summed E-state index contributed by atoms with van der Waals surface area (Å²) in [6.45, 7) is -1.12. The van der Waals surface area contributed by atoms with Gasteiger partial charge in [0.25, 0.3) is 0 Å². The smallest absolute Gasteiger partial charge is 0.447 e. The zero-order valence-electron chi connectivity index (χ0n) is 19.3. The van der Waals surface area contributed by atoms with Crippen molar-refractivity contribution in [2.24, 2.45) is 14.1 Å². The Bertz CT molecular complexity index is 1520. The lowest BCUT2D eigenvalue weighted by atomic mass is 9.27. The zero-order chi connectivity index (χ0) is 25.2. The highest BCUT2D eigenvalue weighted by Crippen LogP contribution is 2.27. The highest BCUT2D eigenvalue weighted by molar-refractivity contribution is 7.88. The van der Waals surface area contributed by atoms with Gasteiger partial charge >= 0.3 is 28.4 Å². The van der Waals surface area contributed by atoms with E-state index in [2.05, 4.69) is 0 Å². The van der Waals surface area contributed by atoms with Crippen LogP contribution in [0.25, 0.3) is 0 Å². The quantitative estimate of drug-likeness (QED) is 0.279. The van der Waals surface area contributed by atoms with Crippen molar-refractivity contribution in [3.63, 3.8) is 0 Å². The molecule has 0 N–H and O–H groups in total. The van der Waals surface area contributed by atoms with Crippen molar-refractivity contribution in [2.75, 3.05) is 0 Å². The minimum atomic E-state index is -6.00. The van der Waals surface area contributed by atoms with Crippen LogP contribution in [0.15, 0.2) is 85.5 Å². The van der Waals surface area contributed by atoms with Crippen LogP contribution in [-0.4, -0.2) is 35.8 Å². The Balaban J connectivity index is 1.96. The maximum Gasteiger partial charge on any atom is 0.519 e. The molecule has 0 saturated carbocycles. The Hall–Kier alpha value is -3.31. The molecule has 0 bridgehead atoms. The van der Waals surface area contributed by atoms with Crippen molar-refractivity contribution in [3.8, 4) is 0 Å². The molecule has 0 fully saturated rings. The lowest BCUT2D eigenvalue weighted by Crippen LogP contribution is -3.03. The molecule has 3 heterocycles. The molecule has 0 spiro atoms. The molecular formula is C22H23B2F3N4O3S. The second-order valence-corrected chi connectivity index (χ2v) is 10.7. The maximum atomic E-state index is 13.7. The van der Waals surface area contributed by atoms with Gasteiger partial charge < -0.3 is 13.1 Å². The summed E-state index contributed by atoms with van der Waals surface area (Å²) in [5.41, 5.74) is -3.48. The first-order chi connectivity index (χ1) is 16.4. The molecule has 2 aromatic carbocycles. The summed E-state index contributed by atoms with van der Waals surface area (Å²) in [6.07, 6.45) is 4.97. The van der Waals surface area contributed by atoms with E-state index in [9.17, 15) is 21.6 Å². The maximum absolute atomic E-state index is 13.7. The fraction of sp³-hybridized carbons (Fsp3) is 0.182. The van der Waals surface area contributed by atoms with Crippen LogP contribution in [0.5, 0.6) is 0 Å². The summed E-state index contributed by atoms with van der Waals surface area (Å²) in [6, 6.07) is 17.8. The van der Waals surface area contributed by atoms with E-state index in [4.69, 9.17) is 4.10 Å². The molecule has 2 aromatic heterocycles. The number of nitrogens with zero attached hydrogens (tertiary/aromatic N) is 4. The predicted molar refractivity (Wildman–Crippen MR) is 127 cm³/mol. The van der Waals surface area contributed by atoms with Crippen LogP contribution in [0.4, 0.5) is 13.2 Å². The highest BCUT2D eigenvalue weighted by Gasteiger charge is 2.61. The third-order valence-electron chi connectivity index (χ3n) is 7.20. The monoisotopic (exact) mass is 502 g/mol. The Labute approximate surface area is 201 Å². The van der Waals surface area contributed by atoms with E-state index in [1.54, 1.807) is 82.8 Å². The van der Waals surface area contributed by atoms with Crippen LogP contribution < -0.4 is 31.3 Å². The fourth-order valence-corrected chi connectivity index (χ4v) is 6.48. The number of fused-ring (bicyclic) bond motifs is 2. The number of hydrogen-bond acceptors (Lipinski definition) is 3. The Morgan fingerprint density at radius 3 is 1.83 bits per heavy atom. The van der Waals surface area contributed by atoms with Crippen LogP contribution in [0, 0.1) is 0 Å². The lowest BCUT2D eigenvalue weighted by molar-refractivity contribution is -0.587. The summed E-state index contributed by atoms with van der Waals surface area (Å²) >= 11 is 0. The molecular weight excluding hydrogens is 479 g/mol. The van der Waals surface area contributed by atoms with Crippen LogP contribution >= 0.6 is 0 Å². The molecule has 0 aliphatic carbocycles. The van der Waals surface area contributed by atoms with Gasteiger partial charge in [0.2, 0.25) is 0 Å². The molecule has 1 aliphatic heterocycles. The van der Waals surface area contributed by atoms with E-state index in [1.807, 2.05) is 41.6 Å². The lowest BCUT2D eigenvalue weighted by Gasteiger charge is -2.47. The molecule has 35 heavy (non-hydrogen) atoms. The summed E-state index contributed by atoms with van der Waals surface area (Å²) in [4.78, 5) is 0. The van der Waals surface area contributed by atoms with Gasteiger partial charge in [0.05, 0.1) is 32.2 Å². The van der Waals surface area contributed by atoms with Gasteiger partial charge in [-0.15, -0.1) is 12.3 Å². The Morgan fingerprint density at radius 2 is 1.29 bits per heavy atom. The van der Waals surface area contributed by atoms with E-state index < -0.39 is 28.4 Å². The molecule has 7 nitrogen and oxygen atoms in total. The second kappa shape index (κ2) is 7.59. The van der Waals surface area contributed by atoms with E-state index in [-0.39, 0.29) is 0 Å². The van der Waals surface area contributed by atoms with E-state index in [0.29, 0.717) is 16.9 Å². The number of aryl methyl sites for hydroxylation is 2. The van der Waals surface area contributed by atoms with Gasteiger partial charge in [0, 0.05) is 0 Å². The van der Waals surface area contributed by atoms with Crippen molar-refractivity contribution >= 4 is 45.3 Å². The van der Waals surface area contributed by atoms with Gasteiger partial charge in [0.1, 0.15) is 18.1 Å². The van der Waals surface area contributed by atoms with E-state index >= 15 is 0 Å². The van der Waals surface area contributed by atoms with Gasteiger partial charge in [0.15, 0.2) is 0 Å². The predicted octanol–water partition coefficient (Wildman–Crippen LogP) is -0.539. The summed E-state index contributed by atoms with van der Waals surface area (Å²) in [5, 5.41) is 0. The minimum absolute atomic E-state index is 0.291. The number of aromatic nitrogens is 4. The van der Waals surface area contributed by atoms with Crippen LogP contribution in [-0.2, 0) is 28.3 Å². The van der Waals surface area contributed by atoms with Crippen LogP contribution in [0.3, 0.4) is 0 Å².